The van der Waals surface area contributed by atoms with Crippen LogP contribution in [0.3, 0.4) is 0 Å². The second kappa shape index (κ2) is 13.6. The third-order valence-corrected chi connectivity index (χ3v) is 6.91. The van der Waals surface area contributed by atoms with Gasteiger partial charge in [-0.2, -0.15) is 0 Å². The van der Waals surface area contributed by atoms with E-state index in [-0.39, 0.29) is 24.0 Å². The maximum atomic E-state index is 13.5. The summed E-state index contributed by atoms with van der Waals surface area (Å²) < 4.78 is 11.8. The number of likely N-dealkylation sites (N-methyl/N-ethyl adjacent to an activating group) is 1. The minimum Gasteiger partial charge on any atom is -0.438 e. The lowest BCUT2D eigenvalue weighted by Crippen LogP contribution is -2.55. The summed E-state index contributed by atoms with van der Waals surface area (Å²) in [5.74, 6) is 0.431. The quantitative estimate of drug-likeness (QED) is 0.392. The molecule has 2 aromatic carbocycles. The number of nitrogens with zero attached hydrogens (tertiary/aromatic N) is 3. The number of benzene rings is 2. The number of rotatable bonds is 10. The van der Waals surface area contributed by atoms with Gasteiger partial charge in [-0.05, 0) is 60.5 Å². The molecule has 9 heteroatoms. The summed E-state index contributed by atoms with van der Waals surface area (Å²) >= 11 is 5.97. The zero-order valence-electron chi connectivity index (χ0n) is 22.6. The maximum absolute atomic E-state index is 13.5. The van der Waals surface area contributed by atoms with Gasteiger partial charge in [0.15, 0.2) is 0 Å². The molecule has 4 rings (SSSR count). The summed E-state index contributed by atoms with van der Waals surface area (Å²) in [4.78, 5) is 35.1. The van der Waals surface area contributed by atoms with Crippen molar-refractivity contribution in [1.29, 1.82) is 0 Å². The fourth-order valence-electron chi connectivity index (χ4n) is 4.21. The molecule has 1 atom stereocenters. The number of carbonyl (C=O) groups excluding carboxylic acids is 2. The number of hydrogen-bond acceptors (Lipinski definition) is 6. The minimum absolute atomic E-state index is 0.0382. The Morgan fingerprint density at radius 1 is 1.00 bits per heavy atom. The zero-order chi connectivity index (χ0) is 27.8. The second-order valence-corrected chi connectivity index (χ2v) is 10.4. The molecule has 0 saturated carbocycles. The summed E-state index contributed by atoms with van der Waals surface area (Å²) in [5, 5.41) is 3.45. The van der Waals surface area contributed by atoms with Crippen molar-refractivity contribution in [3.63, 3.8) is 0 Å². The topological polar surface area (TPSA) is 84.0 Å². The van der Waals surface area contributed by atoms with Crippen LogP contribution < -0.4 is 10.1 Å². The van der Waals surface area contributed by atoms with Crippen LogP contribution in [-0.4, -0.2) is 72.5 Å². The van der Waals surface area contributed by atoms with Gasteiger partial charge in [-0.25, -0.2) is 4.98 Å². The molecule has 1 N–H and O–H groups in total. The van der Waals surface area contributed by atoms with Gasteiger partial charge in [0.25, 0.3) is 5.91 Å². The van der Waals surface area contributed by atoms with Crippen LogP contribution in [0.15, 0.2) is 66.9 Å². The summed E-state index contributed by atoms with van der Waals surface area (Å²) in [6, 6.07) is 17.4. The highest BCUT2D eigenvalue weighted by Crippen LogP contribution is 2.24. The van der Waals surface area contributed by atoms with E-state index in [0.717, 1.165) is 18.7 Å². The first kappa shape index (κ1) is 28.5. The van der Waals surface area contributed by atoms with Gasteiger partial charge in [0.1, 0.15) is 17.4 Å². The van der Waals surface area contributed by atoms with Gasteiger partial charge in [0.05, 0.1) is 13.2 Å². The van der Waals surface area contributed by atoms with E-state index in [1.54, 1.807) is 47.5 Å². The summed E-state index contributed by atoms with van der Waals surface area (Å²) in [5.41, 5.74) is 2.47. The van der Waals surface area contributed by atoms with Crippen LogP contribution in [0.2, 0.25) is 5.02 Å². The highest BCUT2D eigenvalue weighted by atomic mass is 35.5. The van der Waals surface area contributed by atoms with Crippen molar-refractivity contribution in [2.24, 2.45) is 0 Å². The first-order valence-electron chi connectivity index (χ1n) is 13.1. The Labute approximate surface area is 234 Å². The third kappa shape index (κ3) is 8.02. The predicted molar refractivity (Wildman–Crippen MR) is 151 cm³/mol. The van der Waals surface area contributed by atoms with Crippen molar-refractivity contribution in [3.05, 3.63) is 88.6 Å². The summed E-state index contributed by atoms with van der Waals surface area (Å²) in [7, 11) is 2.03. The lowest BCUT2D eigenvalue weighted by atomic mass is 10.0. The Bertz CT molecular complexity index is 1240. The molecular weight excluding hydrogens is 516 g/mol. The second-order valence-electron chi connectivity index (χ2n) is 9.98. The molecular formula is C30H35ClN4O4. The van der Waals surface area contributed by atoms with Gasteiger partial charge in [-0.3, -0.25) is 9.59 Å². The molecule has 1 fully saturated rings. The molecule has 0 spiro atoms. The Morgan fingerprint density at radius 2 is 1.69 bits per heavy atom. The van der Waals surface area contributed by atoms with Crippen molar-refractivity contribution in [2.75, 3.05) is 39.8 Å². The average molecular weight is 551 g/mol. The zero-order valence-corrected chi connectivity index (χ0v) is 23.4. The molecule has 1 aliphatic heterocycles. The Hall–Kier alpha value is -3.46. The molecule has 0 unspecified atom stereocenters. The molecule has 0 radical (unpaired) electrons. The molecule has 2 heterocycles. The van der Waals surface area contributed by atoms with E-state index in [4.69, 9.17) is 21.1 Å². The Balaban J connectivity index is 1.46. The van der Waals surface area contributed by atoms with Crippen molar-refractivity contribution in [3.8, 4) is 11.6 Å². The number of carbonyl (C=O) groups is 2. The van der Waals surface area contributed by atoms with Crippen LogP contribution in [0.1, 0.15) is 41.3 Å². The van der Waals surface area contributed by atoms with E-state index >= 15 is 0 Å². The van der Waals surface area contributed by atoms with Crippen LogP contribution in [-0.2, 0) is 16.1 Å². The number of aromatic nitrogens is 1. The van der Waals surface area contributed by atoms with Gasteiger partial charge in [-0.15, -0.1) is 0 Å². The van der Waals surface area contributed by atoms with Crippen molar-refractivity contribution >= 4 is 23.4 Å². The lowest BCUT2D eigenvalue weighted by molar-refractivity contribution is -0.136. The standard InChI is InChI=1S/C30H35ClN4O4/c1-21(2)23-8-6-22(7-9-23)19-38-20-27(30(37)35-17-15-34(3)16-18-35)33-28(36)26-5-4-14-32-29(26)39-25-12-10-24(31)11-13-25/h4-14,21,27H,15-20H2,1-3H3,(H,33,36)/t27-/m1/s1. The first-order valence-corrected chi connectivity index (χ1v) is 13.5. The van der Waals surface area contributed by atoms with E-state index in [0.29, 0.717) is 36.4 Å². The molecule has 2 amide bonds. The third-order valence-electron chi connectivity index (χ3n) is 6.66. The molecule has 1 aliphatic rings. The van der Waals surface area contributed by atoms with E-state index in [1.807, 2.05) is 19.2 Å². The molecule has 0 bridgehead atoms. The molecule has 206 valence electrons. The Morgan fingerprint density at radius 3 is 2.36 bits per heavy atom. The number of amides is 2. The number of piperazine rings is 1. The van der Waals surface area contributed by atoms with Gasteiger partial charge < -0.3 is 24.6 Å². The molecule has 3 aromatic rings. The fourth-order valence-corrected chi connectivity index (χ4v) is 4.34. The predicted octanol–water partition coefficient (Wildman–Crippen LogP) is 4.74. The van der Waals surface area contributed by atoms with E-state index < -0.39 is 11.9 Å². The number of nitrogens with one attached hydrogen (secondary N) is 1. The van der Waals surface area contributed by atoms with Crippen LogP contribution in [0.4, 0.5) is 0 Å². The van der Waals surface area contributed by atoms with Gasteiger partial charge in [0.2, 0.25) is 11.8 Å². The Kier molecular flexibility index (Phi) is 9.92. The lowest BCUT2D eigenvalue weighted by Gasteiger charge is -2.34. The molecule has 1 saturated heterocycles. The summed E-state index contributed by atoms with van der Waals surface area (Å²) in [6.07, 6.45) is 1.54. The van der Waals surface area contributed by atoms with Crippen LogP contribution in [0.25, 0.3) is 0 Å². The van der Waals surface area contributed by atoms with E-state index in [2.05, 4.69) is 41.2 Å². The smallest absolute Gasteiger partial charge is 0.257 e. The monoisotopic (exact) mass is 550 g/mol. The maximum Gasteiger partial charge on any atom is 0.257 e. The summed E-state index contributed by atoms with van der Waals surface area (Å²) in [6.45, 7) is 7.41. The van der Waals surface area contributed by atoms with Crippen LogP contribution in [0.5, 0.6) is 11.6 Å². The molecule has 0 aliphatic carbocycles. The van der Waals surface area contributed by atoms with Gasteiger partial charge >= 0.3 is 0 Å². The van der Waals surface area contributed by atoms with Crippen molar-refractivity contribution in [2.45, 2.75) is 32.4 Å². The van der Waals surface area contributed by atoms with Crippen LogP contribution >= 0.6 is 11.6 Å². The minimum atomic E-state index is -0.862. The molecule has 8 nitrogen and oxygen atoms in total. The van der Waals surface area contributed by atoms with Gasteiger partial charge in [0, 0.05) is 37.4 Å². The SMILES string of the molecule is CC(C)c1ccc(COC[C@@H](NC(=O)c2cccnc2Oc2ccc(Cl)cc2)C(=O)N2CCN(C)CC2)cc1. The number of pyridine rings is 1. The first-order chi connectivity index (χ1) is 18.8. The average Bonchev–Trinajstić information content (AvgIpc) is 2.94. The van der Waals surface area contributed by atoms with Gasteiger partial charge in [-0.1, -0.05) is 49.7 Å². The van der Waals surface area contributed by atoms with E-state index in [1.165, 1.54) is 5.56 Å². The number of ether oxygens (including phenoxy) is 2. The van der Waals surface area contributed by atoms with Crippen LogP contribution in [0, 0.1) is 0 Å². The number of halogens is 1. The molecule has 1 aromatic heterocycles. The highest BCUT2D eigenvalue weighted by Gasteiger charge is 2.29. The van der Waals surface area contributed by atoms with E-state index in [9.17, 15) is 9.59 Å². The largest absolute Gasteiger partial charge is 0.438 e. The highest BCUT2D eigenvalue weighted by molar-refractivity contribution is 6.30. The fraction of sp³-hybridized carbons (Fsp3) is 0.367. The van der Waals surface area contributed by atoms with Crippen molar-refractivity contribution in [1.82, 2.24) is 20.1 Å². The normalized spacial score (nSPS) is 14.7. The van der Waals surface area contributed by atoms with Crippen molar-refractivity contribution < 1.29 is 19.1 Å². The number of hydrogen-bond donors (Lipinski definition) is 1. The molecule has 39 heavy (non-hydrogen) atoms.